The van der Waals surface area contributed by atoms with E-state index in [4.69, 9.17) is 5.11 Å². The Hall–Kier alpha value is -1.08. The van der Waals surface area contributed by atoms with Crippen LogP contribution >= 0.6 is 23.1 Å². The monoisotopic (exact) mass is 314 g/mol. The average molecular weight is 314 g/mol. The zero-order chi connectivity index (χ0) is 14.5. The number of carbonyl (C=O) groups is 2. The van der Waals surface area contributed by atoms with Crippen LogP contribution in [0.4, 0.5) is 0 Å². The summed E-state index contributed by atoms with van der Waals surface area (Å²) in [5.41, 5.74) is 0.796. The van der Waals surface area contributed by atoms with Gasteiger partial charge in [-0.25, -0.2) is 4.98 Å². The molecule has 0 aromatic carbocycles. The smallest absolute Gasteiger partial charge is 0.305 e. The molecule has 20 heavy (non-hydrogen) atoms. The van der Waals surface area contributed by atoms with Crippen LogP contribution < -0.4 is 0 Å². The number of hydrogen-bond acceptors (Lipinski definition) is 5. The summed E-state index contributed by atoms with van der Waals surface area (Å²) < 4.78 is 0. The summed E-state index contributed by atoms with van der Waals surface area (Å²) in [5, 5.41) is 11.9. The Morgan fingerprint density at radius 1 is 1.55 bits per heavy atom. The Labute approximate surface area is 126 Å². The number of nitrogens with zero attached hydrogens (tertiary/aromatic N) is 2. The van der Waals surface area contributed by atoms with Crippen molar-refractivity contribution in [1.82, 2.24) is 9.88 Å². The summed E-state index contributed by atoms with van der Waals surface area (Å²) in [6, 6.07) is -0.192. The fraction of sp³-hybridized carbons (Fsp3) is 0.615. The van der Waals surface area contributed by atoms with Crippen LogP contribution in [0.3, 0.4) is 0 Å². The average Bonchev–Trinajstić information content (AvgIpc) is 2.86. The largest absolute Gasteiger partial charge is 0.481 e. The fourth-order valence-corrected chi connectivity index (χ4v) is 4.01. The summed E-state index contributed by atoms with van der Waals surface area (Å²) in [5.74, 6) is 0.718. The van der Waals surface area contributed by atoms with Crippen molar-refractivity contribution in [2.45, 2.75) is 32.2 Å². The predicted octanol–water partition coefficient (Wildman–Crippen LogP) is 1.67. The van der Waals surface area contributed by atoms with E-state index in [0.29, 0.717) is 12.3 Å². The highest BCUT2D eigenvalue weighted by atomic mass is 32.2. The number of thioether (sulfide) groups is 1. The van der Waals surface area contributed by atoms with Gasteiger partial charge in [0.05, 0.1) is 29.6 Å². The number of rotatable bonds is 5. The van der Waals surface area contributed by atoms with Gasteiger partial charge >= 0.3 is 5.97 Å². The summed E-state index contributed by atoms with van der Waals surface area (Å²) in [4.78, 5) is 29.3. The number of carbonyl (C=O) groups excluding carboxylic acids is 1. The first-order valence-electron chi connectivity index (χ1n) is 6.62. The molecule has 1 aliphatic rings. The maximum absolute atomic E-state index is 12.3. The highest BCUT2D eigenvalue weighted by Gasteiger charge is 2.29. The second-order valence-electron chi connectivity index (χ2n) is 4.68. The quantitative estimate of drug-likeness (QED) is 0.895. The zero-order valence-corrected chi connectivity index (χ0v) is 13.0. The third-order valence-electron chi connectivity index (χ3n) is 3.19. The van der Waals surface area contributed by atoms with E-state index in [0.717, 1.165) is 22.9 Å². The number of carboxylic acid groups (broad SMARTS) is 1. The Morgan fingerprint density at radius 3 is 3.00 bits per heavy atom. The molecule has 0 bridgehead atoms. The van der Waals surface area contributed by atoms with Crippen LogP contribution in [0.1, 0.15) is 24.0 Å². The third-order valence-corrected chi connectivity index (χ3v) is 5.33. The van der Waals surface area contributed by atoms with Gasteiger partial charge in [-0.2, -0.15) is 11.8 Å². The Kier molecular flexibility index (Phi) is 5.42. The lowest BCUT2D eigenvalue weighted by atomic mass is 10.1. The molecule has 2 rings (SSSR count). The third kappa shape index (κ3) is 3.96. The lowest BCUT2D eigenvalue weighted by Crippen LogP contribution is -2.47. The highest BCUT2D eigenvalue weighted by molar-refractivity contribution is 7.99. The molecule has 110 valence electrons. The lowest BCUT2D eigenvalue weighted by molar-refractivity contribution is -0.140. The normalized spacial score (nSPS) is 19.1. The summed E-state index contributed by atoms with van der Waals surface area (Å²) >= 11 is 3.28. The molecule has 1 amide bonds. The summed E-state index contributed by atoms with van der Waals surface area (Å²) in [7, 11) is 0. The first-order chi connectivity index (χ1) is 9.60. The van der Waals surface area contributed by atoms with Crippen molar-refractivity contribution in [3.63, 3.8) is 0 Å². The van der Waals surface area contributed by atoms with Crippen LogP contribution in [0.2, 0.25) is 0 Å². The Balaban J connectivity index is 1.99. The van der Waals surface area contributed by atoms with Crippen LogP contribution in [0.5, 0.6) is 0 Å². The van der Waals surface area contributed by atoms with Crippen LogP contribution in [0, 0.1) is 0 Å². The van der Waals surface area contributed by atoms with E-state index in [1.807, 2.05) is 12.3 Å². The number of carboxylic acids is 1. The molecule has 1 atom stereocenters. The molecule has 5 nitrogen and oxygen atoms in total. The molecule has 1 aromatic heterocycles. The first kappa shape index (κ1) is 15.3. The molecular formula is C13H18N2O3S2. The standard InChI is InChI=1S/C13H18N2O3S2/c1-2-11-14-9(7-20-11)5-12(16)15-3-4-19-8-10(15)6-13(17)18/h7,10H,2-6,8H2,1H3,(H,17,18). The van der Waals surface area contributed by atoms with E-state index in [1.54, 1.807) is 28.0 Å². The zero-order valence-electron chi connectivity index (χ0n) is 11.4. The second-order valence-corrected chi connectivity index (χ2v) is 6.77. The van der Waals surface area contributed by atoms with Crippen molar-refractivity contribution < 1.29 is 14.7 Å². The van der Waals surface area contributed by atoms with E-state index in [9.17, 15) is 9.59 Å². The van der Waals surface area contributed by atoms with Crippen LogP contribution in [0.25, 0.3) is 0 Å². The van der Waals surface area contributed by atoms with Crippen molar-refractivity contribution in [2.24, 2.45) is 0 Å². The molecule has 0 spiro atoms. The molecule has 1 aromatic rings. The maximum atomic E-state index is 12.3. The molecule has 1 N–H and O–H groups in total. The molecule has 0 aliphatic carbocycles. The molecule has 1 unspecified atom stereocenters. The predicted molar refractivity (Wildman–Crippen MR) is 80.3 cm³/mol. The summed E-state index contributed by atoms with van der Waals surface area (Å²) in [6.45, 7) is 2.67. The Morgan fingerprint density at radius 2 is 2.35 bits per heavy atom. The lowest BCUT2D eigenvalue weighted by Gasteiger charge is -2.34. The van der Waals surface area contributed by atoms with Crippen LogP contribution in [0.15, 0.2) is 5.38 Å². The maximum Gasteiger partial charge on any atom is 0.305 e. The number of aromatic nitrogens is 1. The van der Waals surface area contributed by atoms with Gasteiger partial charge in [0, 0.05) is 23.4 Å². The molecule has 2 heterocycles. The SMILES string of the molecule is CCc1nc(CC(=O)N2CCSCC2CC(=O)O)cs1. The minimum absolute atomic E-state index is 0.00972. The van der Waals surface area contributed by atoms with Gasteiger partial charge in [-0.15, -0.1) is 11.3 Å². The van der Waals surface area contributed by atoms with Crippen LogP contribution in [-0.2, 0) is 22.4 Å². The molecule has 1 fully saturated rings. The van der Waals surface area contributed by atoms with E-state index in [-0.39, 0.29) is 24.8 Å². The van der Waals surface area contributed by atoms with Crippen molar-refractivity contribution in [3.05, 3.63) is 16.1 Å². The highest BCUT2D eigenvalue weighted by Crippen LogP contribution is 2.20. The van der Waals surface area contributed by atoms with Gasteiger partial charge in [0.25, 0.3) is 0 Å². The number of thiazole rings is 1. The Bertz CT molecular complexity index is 490. The number of amides is 1. The van der Waals surface area contributed by atoms with Crippen LogP contribution in [-0.4, -0.2) is 51.0 Å². The van der Waals surface area contributed by atoms with Gasteiger partial charge in [0.2, 0.25) is 5.91 Å². The molecule has 0 saturated carbocycles. The molecule has 0 radical (unpaired) electrons. The van der Waals surface area contributed by atoms with E-state index >= 15 is 0 Å². The van der Waals surface area contributed by atoms with Gasteiger partial charge in [-0.3, -0.25) is 9.59 Å². The van der Waals surface area contributed by atoms with Gasteiger partial charge in [0.1, 0.15) is 0 Å². The molecule has 7 heteroatoms. The minimum atomic E-state index is -0.850. The van der Waals surface area contributed by atoms with Gasteiger partial charge in [-0.1, -0.05) is 6.92 Å². The van der Waals surface area contributed by atoms with Crippen molar-refractivity contribution in [1.29, 1.82) is 0 Å². The van der Waals surface area contributed by atoms with Gasteiger partial charge in [0.15, 0.2) is 0 Å². The number of aryl methyl sites for hydroxylation is 1. The van der Waals surface area contributed by atoms with Crippen molar-refractivity contribution in [3.8, 4) is 0 Å². The second kappa shape index (κ2) is 7.08. The molecule has 1 saturated heterocycles. The minimum Gasteiger partial charge on any atom is -0.481 e. The van der Waals surface area contributed by atoms with E-state index in [2.05, 4.69) is 4.98 Å². The summed E-state index contributed by atoms with van der Waals surface area (Å²) in [6.07, 6.45) is 1.17. The fourth-order valence-electron chi connectivity index (χ4n) is 2.20. The number of hydrogen-bond donors (Lipinski definition) is 1. The van der Waals surface area contributed by atoms with Gasteiger partial charge in [-0.05, 0) is 6.42 Å². The van der Waals surface area contributed by atoms with E-state index < -0.39 is 5.97 Å². The number of aliphatic carboxylic acids is 1. The van der Waals surface area contributed by atoms with E-state index in [1.165, 1.54) is 0 Å². The van der Waals surface area contributed by atoms with Gasteiger partial charge < -0.3 is 10.0 Å². The first-order valence-corrected chi connectivity index (χ1v) is 8.66. The topological polar surface area (TPSA) is 70.5 Å². The van der Waals surface area contributed by atoms with Crippen molar-refractivity contribution >= 4 is 35.0 Å². The molecule has 1 aliphatic heterocycles. The molecular weight excluding hydrogens is 296 g/mol. The van der Waals surface area contributed by atoms with Crippen molar-refractivity contribution in [2.75, 3.05) is 18.1 Å².